The molecular formula is C4H10N2. The summed E-state index contributed by atoms with van der Waals surface area (Å²) < 4.78 is 0. The van der Waals surface area contributed by atoms with E-state index in [9.17, 15) is 0 Å². The summed E-state index contributed by atoms with van der Waals surface area (Å²) in [6.45, 7) is 1.98. The van der Waals surface area contributed by atoms with Crippen molar-refractivity contribution in [2.24, 2.45) is 0 Å². The normalized spacial score (nSPS) is 10.0. The highest BCUT2D eigenvalue weighted by molar-refractivity contribution is 4.43. The maximum absolute atomic E-state index is 6.64. The first kappa shape index (κ1) is 5.92. The molecule has 0 aliphatic heterocycles. The molecule has 0 aromatic rings. The van der Waals surface area contributed by atoms with E-state index in [-0.39, 0.29) is 0 Å². The van der Waals surface area contributed by atoms with E-state index in [0.717, 1.165) is 6.42 Å². The molecule has 0 heterocycles. The van der Waals surface area contributed by atoms with E-state index < -0.39 is 6.17 Å². The van der Waals surface area contributed by atoms with Crippen molar-refractivity contribution >= 4 is 0 Å². The van der Waals surface area contributed by atoms with Gasteiger partial charge in [0, 0.05) is 0 Å². The van der Waals surface area contributed by atoms with Crippen LogP contribution in [0, 0.1) is 0 Å². The van der Waals surface area contributed by atoms with Crippen molar-refractivity contribution in [3.8, 4) is 0 Å². The van der Waals surface area contributed by atoms with Crippen LogP contribution < -0.4 is 11.5 Å². The molecule has 0 saturated heterocycles. The predicted octanol–water partition coefficient (Wildman–Crippen LogP) is 0.678. The summed E-state index contributed by atoms with van der Waals surface area (Å²) in [7, 11) is 0. The third kappa shape index (κ3) is 3.92. The minimum Gasteiger partial charge on any atom is -0.238 e. The van der Waals surface area contributed by atoms with Crippen molar-refractivity contribution in [2.75, 3.05) is 0 Å². The maximum Gasteiger partial charge on any atom is 0.0832 e. The van der Waals surface area contributed by atoms with Crippen molar-refractivity contribution in [3.63, 3.8) is 0 Å². The van der Waals surface area contributed by atoms with Gasteiger partial charge in [-0.3, -0.25) is 0 Å². The number of hydrogen-bond donors (Lipinski definition) is 0. The fraction of sp³-hybridized carbons (Fsp3) is 1.00. The summed E-state index contributed by atoms with van der Waals surface area (Å²) in [6.07, 6.45) is 1.06. The summed E-state index contributed by atoms with van der Waals surface area (Å²) in [5.74, 6) is 0. The van der Waals surface area contributed by atoms with Gasteiger partial charge in [0.05, 0.1) is 6.17 Å². The molecule has 2 N–H and O–H groups in total. The maximum atomic E-state index is 6.64. The second kappa shape index (κ2) is 3.12. The summed E-state index contributed by atoms with van der Waals surface area (Å²) in [5.41, 5.74) is 13.3. The van der Waals surface area contributed by atoms with Crippen LogP contribution in [0.15, 0.2) is 0 Å². The zero-order valence-corrected chi connectivity index (χ0v) is 3.99. The minimum absolute atomic E-state index is 0.602. The average molecular weight is 86.1 g/mol. The fourth-order valence-corrected chi connectivity index (χ4v) is 0.289. The van der Waals surface area contributed by atoms with Crippen LogP contribution in [0.4, 0.5) is 0 Å². The summed E-state index contributed by atoms with van der Waals surface area (Å²) in [6, 6.07) is 0. The van der Waals surface area contributed by atoms with E-state index in [1.807, 2.05) is 6.92 Å². The van der Waals surface area contributed by atoms with Gasteiger partial charge >= 0.3 is 0 Å². The summed E-state index contributed by atoms with van der Waals surface area (Å²) >= 11 is 0. The highest BCUT2D eigenvalue weighted by Gasteiger charge is 1.88. The number of rotatable bonds is 2. The van der Waals surface area contributed by atoms with Crippen LogP contribution in [0.5, 0.6) is 0 Å². The lowest BCUT2D eigenvalue weighted by atomic mass is 10.3. The zero-order valence-electron chi connectivity index (χ0n) is 3.99. The molecule has 6 heavy (non-hydrogen) atoms. The van der Waals surface area contributed by atoms with E-state index in [0.29, 0.717) is 6.42 Å². The monoisotopic (exact) mass is 86.1 g/mol. The Morgan fingerprint density at radius 3 is 2.00 bits per heavy atom. The van der Waals surface area contributed by atoms with Gasteiger partial charge in [-0.1, -0.05) is 13.3 Å². The molecule has 0 rings (SSSR count). The highest BCUT2D eigenvalue weighted by atomic mass is 14.8. The quantitative estimate of drug-likeness (QED) is 0.474. The number of nitrogens with one attached hydrogen (secondary N) is 2. The van der Waals surface area contributed by atoms with E-state index in [1.165, 1.54) is 0 Å². The predicted molar refractivity (Wildman–Crippen MR) is 24.9 cm³/mol. The summed E-state index contributed by atoms with van der Waals surface area (Å²) in [5, 5.41) is 0. The van der Waals surface area contributed by atoms with E-state index in [1.54, 1.807) is 0 Å². The molecule has 0 aliphatic carbocycles. The topological polar surface area (TPSA) is 47.6 Å². The summed E-state index contributed by atoms with van der Waals surface area (Å²) in [4.78, 5) is 0. The highest BCUT2D eigenvalue weighted by Crippen LogP contribution is 1.86. The average Bonchev–Trinajstić information content (AvgIpc) is 1.35. The van der Waals surface area contributed by atoms with Gasteiger partial charge in [0.2, 0.25) is 0 Å². The van der Waals surface area contributed by atoms with Crippen LogP contribution in [-0.2, 0) is 0 Å². The van der Waals surface area contributed by atoms with Crippen LogP contribution in [-0.4, -0.2) is 6.17 Å². The molecule has 0 unspecified atom stereocenters. The Labute approximate surface area is 38.5 Å². The van der Waals surface area contributed by atoms with Gasteiger partial charge in [-0.2, -0.15) is 0 Å². The molecule has 2 heteroatoms. The van der Waals surface area contributed by atoms with Crippen molar-refractivity contribution in [1.82, 2.24) is 11.5 Å². The molecule has 36 valence electrons. The van der Waals surface area contributed by atoms with Gasteiger partial charge in [0.1, 0.15) is 0 Å². The second-order valence-electron chi connectivity index (χ2n) is 1.34. The lowest BCUT2D eigenvalue weighted by molar-refractivity contribution is 0.594. The molecule has 0 spiro atoms. The standard InChI is InChI=1S/C4H10N2/c1-2-3-4(5)6/h4-6H,2-3H2,1H3. The van der Waals surface area contributed by atoms with Crippen LogP contribution in [0.2, 0.25) is 0 Å². The Kier molecular flexibility index (Phi) is 3.08. The van der Waals surface area contributed by atoms with Gasteiger partial charge in [0.15, 0.2) is 0 Å². The van der Waals surface area contributed by atoms with Gasteiger partial charge in [-0.05, 0) is 6.42 Å². The smallest absolute Gasteiger partial charge is 0.0832 e. The lowest BCUT2D eigenvalue weighted by Gasteiger charge is -1.94. The third-order valence-electron chi connectivity index (χ3n) is 0.577. The van der Waals surface area contributed by atoms with Crippen molar-refractivity contribution in [2.45, 2.75) is 25.9 Å². The Morgan fingerprint density at radius 2 is 2.00 bits per heavy atom. The Morgan fingerprint density at radius 1 is 1.50 bits per heavy atom. The SMILES string of the molecule is CCCC([NH])[NH]. The van der Waals surface area contributed by atoms with Crippen LogP contribution in [0.25, 0.3) is 0 Å². The Bertz CT molecular complexity index is 26.7. The van der Waals surface area contributed by atoms with E-state index >= 15 is 0 Å². The molecule has 0 aromatic heterocycles. The zero-order chi connectivity index (χ0) is 4.99. The van der Waals surface area contributed by atoms with Gasteiger partial charge < -0.3 is 0 Å². The van der Waals surface area contributed by atoms with E-state index in [4.69, 9.17) is 11.5 Å². The molecule has 0 saturated carbocycles. The molecule has 0 atom stereocenters. The van der Waals surface area contributed by atoms with Gasteiger partial charge in [-0.15, -0.1) is 0 Å². The molecule has 2 radical (unpaired) electrons. The van der Waals surface area contributed by atoms with Crippen LogP contribution >= 0.6 is 0 Å². The first-order valence-electron chi connectivity index (χ1n) is 2.19. The molecule has 0 amide bonds. The minimum atomic E-state index is -0.602. The second-order valence-corrected chi connectivity index (χ2v) is 1.34. The largest absolute Gasteiger partial charge is 0.238 e. The number of hydrogen-bond acceptors (Lipinski definition) is 0. The lowest BCUT2D eigenvalue weighted by Crippen LogP contribution is -2.07. The molecule has 2 nitrogen and oxygen atoms in total. The Balaban J connectivity index is 2.63. The van der Waals surface area contributed by atoms with E-state index in [2.05, 4.69) is 0 Å². The van der Waals surface area contributed by atoms with Gasteiger partial charge in [-0.25, -0.2) is 11.5 Å². The fourth-order valence-electron chi connectivity index (χ4n) is 0.289. The van der Waals surface area contributed by atoms with Crippen molar-refractivity contribution < 1.29 is 0 Å². The van der Waals surface area contributed by atoms with Crippen LogP contribution in [0.1, 0.15) is 19.8 Å². The van der Waals surface area contributed by atoms with Crippen molar-refractivity contribution in [3.05, 3.63) is 0 Å². The molecular weight excluding hydrogens is 76.1 g/mol. The first-order chi connectivity index (χ1) is 2.77. The third-order valence-corrected chi connectivity index (χ3v) is 0.577. The first-order valence-corrected chi connectivity index (χ1v) is 2.19. The molecule has 0 aliphatic rings. The van der Waals surface area contributed by atoms with Crippen molar-refractivity contribution in [1.29, 1.82) is 0 Å². The Hall–Kier alpha value is -0.0800. The van der Waals surface area contributed by atoms with Crippen LogP contribution in [0.3, 0.4) is 0 Å². The van der Waals surface area contributed by atoms with Gasteiger partial charge in [0.25, 0.3) is 0 Å². The molecule has 0 aromatic carbocycles. The molecule has 0 bridgehead atoms. The molecule has 0 fully saturated rings.